The van der Waals surface area contributed by atoms with E-state index in [9.17, 15) is 4.39 Å². The summed E-state index contributed by atoms with van der Waals surface area (Å²) in [6, 6.07) is 16.0. The molecule has 3 aromatic carbocycles. The fourth-order valence-corrected chi connectivity index (χ4v) is 2.73. The van der Waals surface area contributed by atoms with Crippen LogP contribution >= 0.6 is 27.5 Å². The summed E-state index contributed by atoms with van der Waals surface area (Å²) in [6.07, 6.45) is 0. The molecule has 1 nitrogen and oxygen atoms in total. The van der Waals surface area contributed by atoms with Crippen LogP contribution in [-0.4, -0.2) is 0 Å². The molecule has 3 aromatic rings. The fraction of sp³-hybridized carbons (Fsp3) is 0.0588. The summed E-state index contributed by atoms with van der Waals surface area (Å²) in [5, 5.41) is 2.99. The molecule has 0 unspecified atom stereocenters. The number of rotatable bonds is 3. The Labute approximate surface area is 135 Å². The molecule has 106 valence electrons. The second-order valence-electron chi connectivity index (χ2n) is 4.59. The van der Waals surface area contributed by atoms with Gasteiger partial charge in [0.25, 0.3) is 0 Å². The van der Waals surface area contributed by atoms with Crippen LogP contribution in [0.5, 0.6) is 11.5 Å². The van der Waals surface area contributed by atoms with E-state index in [1.54, 1.807) is 18.2 Å². The van der Waals surface area contributed by atoms with Crippen LogP contribution in [0, 0.1) is 5.82 Å². The topological polar surface area (TPSA) is 9.23 Å². The minimum Gasteiger partial charge on any atom is -0.454 e. The van der Waals surface area contributed by atoms with Gasteiger partial charge in [-0.3, -0.25) is 0 Å². The summed E-state index contributed by atoms with van der Waals surface area (Å²) in [5.74, 6) is 0.402. The second-order valence-corrected chi connectivity index (χ2v) is 5.56. The van der Waals surface area contributed by atoms with Crippen molar-refractivity contribution in [3.05, 3.63) is 71.0 Å². The van der Waals surface area contributed by atoms with E-state index in [1.807, 2.05) is 30.3 Å². The lowest BCUT2D eigenvalue weighted by Gasteiger charge is -2.11. The normalized spacial score (nSPS) is 10.8. The standard InChI is InChI=1S/C17H11BrClFO/c18-10-11-5-7-17(15(20)9-11)21-16-8-6-14(19)12-3-1-2-4-13(12)16/h1-9H,10H2. The minimum atomic E-state index is -0.383. The van der Waals surface area contributed by atoms with Gasteiger partial charge in [-0.25, -0.2) is 4.39 Å². The first-order valence-corrected chi connectivity index (χ1v) is 7.88. The van der Waals surface area contributed by atoms with Crippen LogP contribution in [0.2, 0.25) is 5.02 Å². The fourth-order valence-electron chi connectivity index (χ4n) is 2.15. The highest BCUT2D eigenvalue weighted by atomic mass is 79.9. The summed E-state index contributed by atoms with van der Waals surface area (Å²) >= 11 is 9.47. The Bertz CT molecular complexity index is 804. The first-order chi connectivity index (χ1) is 10.2. The van der Waals surface area contributed by atoms with Gasteiger partial charge in [0.1, 0.15) is 5.75 Å². The molecule has 0 bridgehead atoms. The van der Waals surface area contributed by atoms with Gasteiger partial charge in [-0.1, -0.05) is 57.9 Å². The zero-order chi connectivity index (χ0) is 14.8. The number of benzene rings is 3. The minimum absolute atomic E-state index is 0.201. The van der Waals surface area contributed by atoms with E-state index in [4.69, 9.17) is 16.3 Å². The maximum atomic E-state index is 14.0. The van der Waals surface area contributed by atoms with Crippen LogP contribution in [0.25, 0.3) is 10.8 Å². The van der Waals surface area contributed by atoms with E-state index in [1.165, 1.54) is 6.07 Å². The quantitative estimate of drug-likeness (QED) is 0.493. The predicted octanol–water partition coefficient (Wildman–Crippen LogP) is 6.32. The summed E-state index contributed by atoms with van der Waals surface area (Å²) in [7, 11) is 0. The molecule has 0 N–H and O–H groups in total. The number of halogens is 3. The Morgan fingerprint density at radius 1 is 0.952 bits per heavy atom. The first-order valence-electron chi connectivity index (χ1n) is 6.38. The molecule has 0 aliphatic heterocycles. The monoisotopic (exact) mass is 364 g/mol. The number of alkyl halides is 1. The number of hydrogen-bond donors (Lipinski definition) is 0. The largest absolute Gasteiger partial charge is 0.454 e. The van der Waals surface area contributed by atoms with Gasteiger partial charge in [-0.05, 0) is 29.8 Å². The van der Waals surface area contributed by atoms with Crippen molar-refractivity contribution in [2.24, 2.45) is 0 Å². The van der Waals surface area contributed by atoms with Gasteiger partial charge in [0, 0.05) is 21.1 Å². The van der Waals surface area contributed by atoms with Crippen molar-refractivity contribution < 1.29 is 9.13 Å². The van der Waals surface area contributed by atoms with Crippen LogP contribution < -0.4 is 4.74 Å². The average Bonchev–Trinajstić information content (AvgIpc) is 2.52. The molecule has 0 heterocycles. The van der Waals surface area contributed by atoms with E-state index < -0.39 is 0 Å². The Morgan fingerprint density at radius 3 is 2.38 bits per heavy atom. The van der Waals surface area contributed by atoms with Gasteiger partial charge in [0.05, 0.1) is 0 Å². The van der Waals surface area contributed by atoms with E-state index in [0.717, 1.165) is 16.3 Å². The van der Waals surface area contributed by atoms with Crippen molar-refractivity contribution in [1.29, 1.82) is 0 Å². The van der Waals surface area contributed by atoms with Crippen LogP contribution in [0.4, 0.5) is 4.39 Å². The molecule has 0 amide bonds. The highest BCUT2D eigenvalue weighted by molar-refractivity contribution is 9.08. The maximum absolute atomic E-state index is 14.0. The Kier molecular flexibility index (Phi) is 4.13. The third kappa shape index (κ3) is 2.89. The molecule has 0 aromatic heterocycles. The van der Waals surface area contributed by atoms with Gasteiger partial charge < -0.3 is 4.74 Å². The van der Waals surface area contributed by atoms with E-state index in [2.05, 4.69) is 15.9 Å². The zero-order valence-corrected chi connectivity index (χ0v) is 13.3. The number of hydrogen-bond acceptors (Lipinski definition) is 1. The van der Waals surface area contributed by atoms with Crippen LogP contribution in [0.3, 0.4) is 0 Å². The van der Waals surface area contributed by atoms with Gasteiger partial charge in [0.15, 0.2) is 11.6 Å². The molecule has 0 radical (unpaired) electrons. The predicted molar refractivity (Wildman–Crippen MR) is 88.1 cm³/mol. The molecule has 0 fully saturated rings. The molecule has 0 aliphatic carbocycles. The Morgan fingerprint density at radius 2 is 1.67 bits per heavy atom. The van der Waals surface area contributed by atoms with E-state index in [-0.39, 0.29) is 11.6 Å². The molecule has 0 saturated heterocycles. The number of ether oxygens (including phenoxy) is 1. The molecule has 0 aliphatic rings. The molecule has 0 spiro atoms. The van der Waals surface area contributed by atoms with Gasteiger partial charge in [-0.15, -0.1) is 0 Å². The third-order valence-corrected chi connectivity index (χ3v) is 4.18. The highest BCUT2D eigenvalue weighted by Gasteiger charge is 2.10. The van der Waals surface area contributed by atoms with Crippen LogP contribution in [0.15, 0.2) is 54.6 Å². The van der Waals surface area contributed by atoms with E-state index in [0.29, 0.717) is 16.1 Å². The molecule has 3 rings (SSSR count). The Hall–Kier alpha value is -1.58. The van der Waals surface area contributed by atoms with Crippen molar-refractivity contribution in [1.82, 2.24) is 0 Å². The lowest BCUT2D eigenvalue weighted by atomic mass is 10.1. The van der Waals surface area contributed by atoms with Crippen molar-refractivity contribution in [2.45, 2.75) is 5.33 Å². The van der Waals surface area contributed by atoms with Crippen molar-refractivity contribution in [2.75, 3.05) is 0 Å². The van der Waals surface area contributed by atoms with E-state index >= 15 is 0 Å². The summed E-state index contributed by atoms with van der Waals surface area (Å²) < 4.78 is 19.8. The molecule has 0 saturated carbocycles. The lowest BCUT2D eigenvalue weighted by molar-refractivity contribution is 0.446. The maximum Gasteiger partial charge on any atom is 0.166 e. The molecular formula is C17H11BrClFO. The van der Waals surface area contributed by atoms with Crippen LogP contribution in [-0.2, 0) is 5.33 Å². The summed E-state index contributed by atoms with van der Waals surface area (Å²) in [4.78, 5) is 0. The summed E-state index contributed by atoms with van der Waals surface area (Å²) in [6.45, 7) is 0. The van der Waals surface area contributed by atoms with Gasteiger partial charge >= 0.3 is 0 Å². The zero-order valence-electron chi connectivity index (χ0n) is 10.9. The number of fused-ring (bicyclic) bond motifs is 1. The van der Waals surface area contributed by atoms with Crippen molar-refractivity contribution in [3.63, 3.8) is 0 Å². The molecular weight excluding hydrogens is 355 g/mol. The van der Waals surface area contributed by atoms with Crippen molar-refractivity contribution >= 4 is 38.3 Å². The van der Waals surface area contributed by atoms with Crippen LogP contribution in [0.1, 0.15) is 5.56 Å². The second kappa shape index (κ2) is 6.04. The molecule has 4 heteroatoms. The highest BCUT2D eigenvalue weighted by Crippen LogP contribution is 2.35. The average molecular weight is 366 g/mol. The lowest BCUT2D eigenvalue weighted by Crippen LogP contribution is -1.91. The van der Waals surface area contributed by atoms with Gasteiger partial charge in [0.2, 0.25) is 0 Å². The first kappa shape index (κ1) is 14.4. The van der Waals surface area contributed by atoms with Crippen molar-refractivity contribution in [3.8, 4) is 11.5 Å². The Balaban J connectivity index is 2.04. The SMILES string of the molecule is Fc1cc(CBr)ccc1Oc1ccc(Cl)c2ccccc12. The molecule has 0 atom stereocenters. The van der Waals surface area contributed by atoms with Gasteiger partial charge in [-0.2, -0.15) is 0 Å². The molecule has 21 heavy (non-hydrogen) atoms. The third-order valence-electron chi connectivity index (χ3n) is 3.20. The summed E-state index contributed by atoms with van der Waals surface area (Å²) in [5.41, 5.74) is 0.862. The smallest absolute Gasteiger partial charge is 0.166 e.